The zero-order chi connectivity index (χ0) is 15.6. The Hall–Kier alpha value is -1.62. The van der Waals surface area contributed by atoms with Crippen LogP contribution in [0.4, 0.5) is 4.39 Å². The Kier molecular flexibility index (Phi) is 4.52. The molecular formula is C15H18ClFN2O2. The Morgan fingerprint density at radius 3 is 2.81 bits per heavy atom. The van der Waals surface area contributed by atoms with Gasteiger partial charge < -0.3 is 10.2 Å². The van der Waals surface area contributed by atoms with Gasteiger partial charge in [0.1, 0.15) is 11.4 Å². The highest BCUT2D eigenvalue weighted by atomic mass is 35.5. The van der Waals surface area contributed by atoms with Gasteiger partial charge in [-0.3, -0.25) is 9.59 Å². The number of benzene rings is 1. The predicted octanol–water partition coefficient (Wildman–Crippen LogP) is 2.50. The normalized spacial score (nSPS) is 23.0. The minimum atomic E-state index is -0.923. The van der Waals surface area contributed by atoms with Crippen molar-refractivity contribution in [1.82, 2.24) is 10.2 Å². The first kappa shape index (κ1) is 15.8. The van der Waals surface area contributed by atoms with E-state index < -0.39 is 11.4 Å². The standard InChI is InChI=1S/C15H18ClFN2O2/c1-3-15(2)14(21)19(7-6-13(20)18-15)9-10-8-11(17)4-5-12(10)16/h4-5,8H,3,6-7,9H2,1-2H3,(H,18,20). The molecule has 1 saturated heterocycles. The van der Waals surface area contributed by atoms with E-state index in [4.69, 9.17) is 11.6 Å². The van der Waals surface area contributed by atoms with Crippen molar-refractivity contribution in [3.63, 3.8) is 0 Å². The van der Waals surface area contributed by atoms with Crippen molar-refractivity contribution in [2.45, 2.75) is 38.8 Å². The fourth-order valence-electron chi connectivity index (χ4n) is 2.37. The van der Waals surface area contributed by atoms with Crippen LogP contribution in [-0.2, 0) is 16.1 Å². The molecule has 4 nitrogen and oxygen atoms in total. The van der Waals surface area contributed by atoms with Gasteiger partial charge in [0.25, 0.3) is 0 Å². The van der Waals surface area contributed by atoms with E-state index in [-0.39, 0.29) is 24.8 Å². The van der Waals surface area contributed by atoms with Crippen LogP contribution in [0, 0.1) is 5.82 Å². The number of nitrogens with zero attached hydrogens (tertiary/aromatic N) is 1. The molecule has 1 fully saturated rings. The highest BCUT2D eigenvalue weighted by Gasteiger charge is 2.39. The van der Waals surface area contributed by atoms with Crippen LogP contribution < -0.4 is 5.32 Å². The third-order valence-electron chi connectivity index (χ3n) is 3.86. The molecule has 1 heterocycles. The van der Waals surface area contributed by atoms with Crippen molar-refractivity contribution >= 4 is 23.4 Å². The largest absolute Gasteiger partial charge is 0.342 e. The topological polar surface area (TPSA) is 49.4 Å². The minimum absolute atomic E-state index is 0.152. The highest BCUT2D eigenvalue weighted by Crippen LogP contribution is 2.23. The molecule has 1 unspecified atom stereocenters. The van der Waals surface area contributed by atoms with Crippen molar-refractivity contribution in [2.75, 3.05) is 6.54 Å². The maximum absolute atomic E-state index is 13.3. The molecule has 6 heteroatoms. The van der Waals surface area contributed by atoms with E-state index in [0.29, 0.717) is 23.6 Å². The Bertz CT molecular complexity index is 579. The Morgan fingerprint density at radius 2 is 2.14 bits per heavy atom. The number of halogens is 2. The third kappa shape index (κ3) is 3.35. The van der Waals surface area contributed by atoms with E-state index in [1.54, 1.807) is 11.8 Å². The van der Waals surface area contributed by atoms with Gasteiger partial charge in [-0.2, -0.15) is 0 Å². The molecule has 0 aromatic heterocycles. The van der Waals surface area contributed by atoms with Crippen LogP contribution in [0.1, 0.15) is 32.3 Å². The first-order valence-electron chi connectivity index (χ1n) is 6.90. The van der Waals surface area contributed by atoms with E-state index in [1.165, 1.54) is 18.2 Å². The minimum Gasteiger partial charge on any atom is -0.342 e. The van der Waals surface area contributed by atoms with Gasteiger partial charge in [0.2, 0.25) is 11.8 Å². The van der Waals surface area contributed by atoms with Crippen molar-refractivity contribution < 1.29 is 14.0 Å². The number of carbonyl (C=O) groups excluding carboxylic acids is 2. The van der Waals surface area contributed by atoms with Crippen LogP contribution in [0.3, 0.4) is 0 Å². The van der Waals surface area contributed by atoms with Crippen LogP contribution in [0.2, 0.25) is 5.02 Å². The summed E-state index contributed by atoms with van der Waals surface area (Å²) in [5, 5.41) is 3.17. The maximum atomic E-state index is 13.3. The number of hydrogen-bond donors (Lipinski definition) is 1. The van der Waals surface area contributed by atoms with Crippen LogP contribution >= 0.6 is 11.6 Å². The molecule has 0 radical (unpaired) electrons. The van der Waals surface area contributed by atoms with Crippen LogP contribution in [-0.4, -0.2) is 28.8 Å². The van der Waals surface area contributed by atoms with E-state index in [1.807, 2.05) is 6.92 Å². The number of amides is 2. The average molecular weight is 313 g/mol. The second-order valence-electron chi connectivity index (χ2n) is 5.45. The van der Waals surface area contributed by atoms with Gasteiger partial charge >= 0.3 is 0 Å². The van der Waals surface area contributed by atoms with E-state index >= 15 is 0 Å². The summed E-state index contributed by atoms with van der Waals surface area (Å²) in [6.07, 6.45) is 0.721. The summed E-state index contributed by atoms with van der Waals surface area (Å²) in [6, 6.07) is 4.06. The van der Waals surface area contributed by atoms with Crippen molar-refractivity contribution in [3.8, 4) is 0 Å². The summed E-state index contributed by atoms with van der Waals surface area (Å²) in [5.41, 5.74) is -0.384. The fraction of sp³-hybridized carbons (Fsp3) is 0.467. The van der Waals surface area contributed by atoms with Crippen molar-refractivity contribution in [2.24, 2.45) is 0 Å². The molecule has 1 aliphatic heterocycles. The fourth-order valence-corrected chi connectivity index (χ4v) is 2.55. The monoisotopic (exact) mass is 312 g/mol. The molecule has 1 aromatic rings. The molecule has 1 aromatic carbocycles. The molecule has 0 spiro atoms. The van der Waals surface area contributed by atoms with Gasteiger partial charge in [0.05, 0.1) is 0 Å². The molecule has 1 atom stereocenters. The highest BCUT2D eigenvalue weighted by molar-refractivity contribution is 6.31. The van der Waals surface area contributed by atoms with Crippen molar-refractivity contribution in [1.29, 1.82) is 0 Å². The first-order chi connectivity index (χ1) is 9.85. The summed E-state index contributed by atoms with van der Waals surface area (Å²) in [6.45, 7) is 4.04. The Morgan fingerprint density at radius 1 is 1.43 bits per heavy atom. The van der Waals surface area contributed by atoms with Crippen LogP contribution in [0.25, 0.3) is 0 Å². The molecule has 21 heavy (non-hydrogen) atoms. The molecule has 0 bridgehead atoms. The molecule has 1 N–H and O–H groups in total. The summed E-state index contributed by atoms with van der Waals surface area (Å²) in [4.78, 5) is 25.9. The zero-order valence-corrected chi connectivity index (χ0v) is 12.8. The van der Waals surface area contributed by atoms with Gasteiger partial charge in [-0.15, -0.1) is 0 Å². The Labute approximate surface area is 128 Å². The van der Waals surface area contributed by atoms with Gasteiger partial charge in [-0.25, -0.2) is 4.39 Å². The molecule has 0 aliphatic carbocycles. The molecule has 1 aliphatic rings. The predicted molar refractivity (Wildman–Crippen MR) is 78.3 cm³/mol. The molecule has 2 rings (SSSR count). The third-order valence-corrected chi connectivity index (χ3v) is 4.23. The Balaban J connectivity index is 2.27. The summed E-state index contributed by atoms with van der Waals surface area (Å²) in [7, 11) is 0. The summed E-state index contributed by atoms with van der Waals surface area (Å²) >= 11 is 6.05. The smallest absolute Gasteiger partial charge is 0.248 e. The lowest BCUT2D eigenvalue weighted by molar-refractivity contribution is -0.138. The number of hydrogen-bond acceptors (Lipinski definition) is 2. The number of nitrogens with one attached hydrogen (secondary N) is 1. The van der Waals surface area contributed by atoms with Crippen molar-refractivity contribution in [3.05, 3.63) is 34.6 Å². The molecular weight excluding hydrogens is 295 g/mol. The first-order valence-corrected chi connectivity index (χ1v) is 7.28. The van der Waals surface area contributed by atoms with Crippen LogP contribution in [0.15, 0.2) is 18.2 Å². The molecule has 114 valence electrons. The summed E-state index contributed by atoms with van der Waals surface area (Å²) < 4.78 is 13.3. The van der Waals surface area contributed by atoms with Gasteiger partial charge in [0, 0.05) is 24.5 Å². The maximum Gasteiger partial charge on any atom is 0.248 e. The zero-order valence-electron chi connectivity index (χ0n) is 12.1. The second-order valence-corrected chi connectivity index (χ2v) is 5.85. The van der Waals surface area contributed by atoms with E-state index in [2.05, 4.69) is 5.32 Å². The van der Waals surface area contributed by atoms with Crippen LogP contribution in [0.5, 0.6) is 0 Å². The summed E-state index contributed by atoms with van der Waals surface area (Å²) in [5.74, 6) is -0.721. The quantitative estimate of drug-likeness (QED) is 0.932. The average Bonchev–Trinajstić information content (AvgIpc) is 2.55. The van der Waals surface area contributed by atoms with E-state index in [0.717, 1.165) is 0 Å². The molecule has 0 saturated carbocycles. The number of rotatable bonds is 3. The lowest BCUT2D eigenvalue weighted by atomic mass is 9.97. The second kappa shape index (κ2) is 6.02. The lowest BCUT2D eigenvalue weighted by Gasteiger charge is -2.31. The SMILES string of the molecule is CCC1(C)NC(=O)CCN(Cc2cc(F)ccc2Cl)C1=O. The van der Waals surface area contributed by atoms with E-state index in [9.17, 15) is 14.0 Å². The van der Waals surface area contributed by atoms with Gasteiger partial charge in [-0.1, -0.05) is 18.5 Å². The van der Waals surface area contributed by atoms with Gasteiger partial charge in [0.15, 0.2) is 0 Å². The van der Waals surface area contributed by atoms with Gasteiger partial charge in [-0.05, 0) is 37.1 Å². The lowest BCUT2D eigenvalue weighted by Crippen LogP contribution is -2.54. The molecule has 2 amide bonds. The number of carbonyl (C=O) groups is 2.